The largest absolute Gasteiger partial charge is 0.324 e. The molecule has 2 heteroatoms. The molecule has 0 spiro atoms. The molecule has 0 bridgehead atoms. The molecule has 102 valence electrons. The van der Waals surface area contributed by atoms with Gasteiger partial charge in [-0.1, -0.05) is 48.0 Å². The van der Waals surface area contributed by atoms with Gasteiger partial charge in [-0.05, 0) is 49.4 Å². The predicted octanol–water partition coefficient (Wildman–Crippen LogP) is 4.28. The molecule has 0 aliphatic carbocycles. The zero-order valence-corrected chi connectivity index (χ0v) is 12.6. The van der Waals surface area contributed by atoms with Gasteiger partial charge in [0.25, 0.3) is 0 Å². The lowest BCUT2D eigenvalue weighted by Crippen LogP contribution is -2.13. The molecule has 0 saturated heterocycles. The highest BCUT2D eigenvalue weighted by atomic mass is 35.5. The molecule has 0 amide bonds. The van der Waals surface area contributed by atoms with E-state index in [0.717, 1.165) is 6.42 Å². The van der Waals surface area contributed by atoms with Gasteiger partial charge in [0.1, 0.15) is 0 Å². The average Bonchev–Trinajstić information content (AvgIpc) is 2.35. The minimum absolute atomic E-state index is 0. The molecule has 0 fully saturated rings. The van der Waals surface area contributed by atoms with Gasteiger partial charge in [0.15, 0.2) is 0 Å². The monoisotopic (exact) mass is 275 g/mol. The van der Waals surface area contributed by atoms with Gasteiger partial charge in [-0.2, -0.15) is 0 Å². The minimum atomic E-state index is 0. The zero-order valence-electron chi connectivity index (χ0n) is 11.8. The van der Waals surface area contributed by atoms with E-state index in [1.807, 2.05) is 0 Å². The third-order valence-corrected chi connectivity index (χ3v) is 3.54. The summed E-state index contributed by atoms with van der Waals surface area (Å²) < 4.78 is 0. The molecule has 0 aliphatic rings. The standard InChI is InChI=1S/C17H21N.ClH/c1-12-4-7-15(8-5-12)11-17(18)16-9-6-13(2)14(3)10-16;/h4-10,17H,11,18H2,1-3H3;1H. The summed E-state index contributed by atoms with van der Waals surface area (Å²) in [6, 6.07) is 15.2. The maximum atomic E-state index is 6.28. The third kappa shape index (κ3) is 4.09. The topological polar surface area (TPSA) is 26.0 Å². The van der Waals surface area contributed by atoms with Crippen LogP contribution in [0.5, 0.6) is 0 Å². The smallest absolute Gasteiger partial charge is 0.0335 e. The van der Waals surface area contributed by atoms with Crippen LogP contribution >= 0.6 is 12.4 Å². The van der Waals surface area contributed by atoms with Crippen LogP contribution in [0.15, 0.2) is 42.5 Å². The van der Waals surface area contributed by atoms with E-state index < -0.39 is 0 Å². The number of aryl methyl sites for hydroxylation is 3. The Bertz CT molecular complexity index is 531. The summed E-state index contributed by atoms with van der Waals surface area (Å²) in [6.45, 7) is 6.37. The number of rotatable bonds is 3. The van der Waals surface area contributed by atoms with Gasteiger partial charge in [0.2, 0.25) is 0 Å². The van der Waals surface area contributed by atoms with E-state index in [0.29, 0.717) is 0 Å². The van der Waals surface area contributed by atoms with Gasteiger partial charge >= 0.3 is 0 Å². The third-order valence-electron chi connectivity index (χ3n) is 3.54. The molecule has 2 N–H and O–H groups in total. The van der Waals surface area contributed by atoms with Gasteiger partial charge in [-0.15, -0.1) is 12.4 Å². The highest BCUT2D eigenvalue weighted by Crippen LogP contribution is 2.19. The zero-order chi connectivity index (χ0) is 13.1. The van der Waals surface area contributed by atoms with Gasteiger partial charge in [0.05, 0.1) is 0 Å². The second-order valence-corrected chi connectivity index (χ2v) is 5.14. The second kappa shape index (κ2) is 6.74. The van der Waals surface area contributed by atoms with E-state index in [1.165, 1.54) is 27.8 Å². The number of nitrogens with two attached hydrogens (primary N) is 1. The lowest BCUT2D eigenvalue weighted by Gasteiger charge is -2.14. The van der Waals surface area contributed by atoms with Crippen molar-refractivity contribution in [2.75, 3.05) is 0 Å². The van der Waals surface area contributed by atoms with Crippen LogP contribution in [0.2, 0.25) is 0 Å². The molecule has 0 radical (unpaired) electrons. The van der Waals surface area contributed by atoms with Crippen LogP contribution < -0.4 is 5.73 Å². The lowest BCUT2D eigenvalue weighted by atomic mass is 9.96. The summed E-state index contributed by atoms with van der Waals surface area (Å²) in [5.74, 6) is 0. The van der Waals surface area contributed by atoms with E-state index in [-0.39, 0.29) is 18.4 Å². The van der Waals surface area contributed by atoms with Crippen molar-refractivity contribution < 1.29 is 0 Å². The normalized spacial score (nSPS) is 11.8. The van der Waals surface area contributed by atoms with Crippen LogP contribution in [-0.2, 0) is 6.42 Å². The van der Waals surface area contributed by atoms with Crippen molar-refractivity contribution in [1.29, 1.82) is 0 Å². The quantitative estimate of drug-likeness (QED) is 0.889. The molecule has 1 nitrogen and oxygen atoms in total. The van der Waals surface area contributed by atoms with Crippen molar-refractivity contribution in [3.05, 3.63) is 70.3 Å². The van der Waals surface area contributed by atoms with Crippen LogP contribution in [0.4, 0.5) is 0 Å². The van der Waals surface area contributed by atoms with Crippen molar-refractivity contribution in [3.8, 4) is 0 Å². The molecule has 1 atom stereocenters. The fourth-order valence-electron chi connectivity index (χ4n) is 2.09. The van der Waals surface area contributed by atoms with Gasteiger partial charge in [0, 0.05) is 6.04 Å². The van der Waals surface area contributed by atoms with E-state index in [1.54, 1.807) is 0 Å². The Labute approximate surface area is 122 Å². The molecule has 2 aromatic carbocycles. The van der Waals surface area contributed by atoms with Crippen LogP contribution in [0.3, 0.4) is 0 Å². The Morgan fingerprint density at radius 2 is 1.53 bits per heavy atom. The van der Waals surface area contributed by atoms with Crippen molar-refractivity contribution in [2.45, 2.75) is 33.2 Å². The number of benzene rings is 2. The maximum Gasteiger partial charge on any atom is 0.0335 e. The summed E-state index contributed by atoms with van der Waals surface area (Å²) in [5.41, 5.74) is 12.7. The van der Waals surface area contributed by atoms with Gasteiger partial charge in [-0.3, -0.25) is 0 Å². The van der Waals surface area contributed by atoms with Gasteiger partial charge in [-0.25, -0.2) is 0 Å². The summed E-state index contributed by atoms with van der Waals surface area (Å²) in [6.07, 6.45) is 0.892. The Morgan fingerprint density at radius 1 is 0.895 bits per heavy atom. The highest BCUT2D eigenvalue weighted by molar-refractivity contribution is 5.85. The molecule has 0 aromatic heterocycles. The average molecular weight is 276 g/mol. The maximum absolute atomic E-state index is 6.28. The molecule has 19 heavy (non-hydrogen) atoms. The molecule has 0 heterocycles. The molecule has 2 rings (SSSR count). The van der Waals surface area contributed by atoms with Crippen molar-refractivity contribution in [2.24, 2.45) is 5.73 Å². The number of hydrogen-bond donors (Lipinski definition) is 1. The van der Waals surface area contributed by atoms with Crippen molar-refractivity contribution >= 4 is 12.4 Å². The molecule has 1 unspecified atom stereocenters. The molecule has 0 saturated carbocycles. The summed E-state index contributed by atoms with van der Waals surface area (Å²) >= 11 is 0. The van der Waals surface area contributed by atoms with Gasteiger partial charge < -0.3 is 5.73 Å². The molecular formula is C17H22ClN. The molecular weight excluding hydrogens is 254 g/mol. The van der Waals surface area contributed by atoms with E-state index in [9.17, 15) is 0 Å². The summed E-state index contributed by atoms with van der Waals surface area (Å²) in [4.78, 5) is 0. The summed E-state index contributed by atoms with van der Waals surface area (Å²) in [5, 5.41) is 0. The lowest BCUT2D eigenvalue weighted by molar-refractivity contribution is 0.720. The number of hydrogen-bond acceptors (Lipinski definition) is 1. The van der Waals surface area contributed by atoms with Crippen LogP contribution in [0, 0.1) is 20.8 Å². The Kier molecular flexibility index (Phi) is 5.59. The minimum Gasteiger partial charge on any atom is -0.324 e. The number of halogens is 1. The van der Waals surface area contributed by atoms with Crippen LogP contribution in [0.25, 0.3) is 0 Å². The molecule has 0 aliphatic heterocycles. The first-order valence-electron chi connectivity index (χ1n) is 6.44. The van der Waals surface area contributed by atoms with E-state index >= 15 is 0 Å². The Balaban J connectivity index is 0.00000180. The fourth-order valence-corrected chi connectivity index (χ4v) is 2.09. The van der Waals surface area contributed by atoms with Crippen LogP contribution in [-0.4, -0.2) is 0 Å². The van der Waals surface area contributed by atoms with E-state index in [4.69, 9.17) is 5.73 Å². The SMILES string of the molecule is Cc1ccc(CC(N)c2ccc(C)c(C)c2)cc1.Cl. The molecule has 2 aromatic rings. The second-order valence-electron chi connectivity index (χ2n) is 5.14. The van der Waals surface area contributed by atoms with Crippen LogP contribution in [0.1, 0.15) is 33.9 Å². The fraction of sp³-hybridized carbons (Fsp3) is 0.294. The van der Waals surface area contributed by atoms with Crippen molar-refractivity contribution in [3.63, 3.8) is 0 Å². The first-order chi connectivity index (χ1) is 8.56. The first kappa shape index (κ1) is 15.7. The summed E-state index contributed by atoms with van der Waals surface area (Å²) in [7, 11) is 0. The Hall–Kier alpha value is -1.31. The Morgan fingerprint density at radius 3 is 2.11 bits per heavy atom. The van der Waals surface area contributed by atoms with Crippen molar-refractivity contribution in [1.82, 2.24) is 0 Å². The van der Waals surface area contributed by atoms with E-state index in [2.05, 4.69) is 63.2 Å². The highest BCUT2D eigenvalue weighted by Gasteiger charge is 2.07. The predicted molar refractivity (Wildman–Crippen MR) is 85.0 cm³/mol. The first-order valence-corrected chi connectivity index (χ1v) is 6.44.